The van der Waals surface area contributed by atoms with Crippen molar-refractivity contribution in [2.45, 2.75) is 6.92 Å². The van der Waals surface area contributed by atoms with Crippen molar-refractivity contribution < 1.29 is 4.79 Å². The Bertz CT molecular complexity index is 976. The van der Waals surface area contributed by atoms with Gasteiger partial charge in [-0.15, -0.1) is 0 Å². The fourth-order valence-electron chi connectivity index (χ4n) is 2.47. The number of nitrogens with one attached hydrogen (secondary N) is 1. The summed E-state index contributed by atoms with van der Waals surface area (Å²) in [6.45, 7) is 1.86. The summed E-state index contributed by atoms with van der Waals surface area (Å²) >= 11 is 0. The highest BCUT2D eigenvalue weighted by Crippen LogP contribution is 2.23. The number of rotatable bonds is 3. The monoisotopic (exact) mass is 308 g/mol. The van der Waals surface area contributed by atoms with Gasteiger partial charge in [0.15, 0.2) is 0 Å². The number of fused-ring (bicyclic) bond motifs is 1. The maximum Gasteiger partial charge on any atom is 0.261 e. The molecule has 0 unspecified atom stereocenters. The highest BCUT2D eigenvalue weighted by molar-refractivity contribution is 5.95. The van der Waals surface area contributed by atoms with Crippen LogP contribution in [0.2, 0.25) is 0 Å². The number of benzene rings is 1. The van der Waals surface area contributed by atoms with E-state index in [9.17, 15) is 9.59 Å². The average Bonchev–Trinajstić information content (AvgIpc) is 2.51. The SMILES string of the molecule is Cc1cc2ccn(C)c(=O)c2c(Nc2cccc(C(N)=O)c2)n1. The third kappa shape index (κ3) is 2.78. The zero-order chi connectivity index (χ0) is 16.6. The molecule has 116 valence electrons. The second-order valence-corrected chi connectivity index (χ2v) is 5.38. The van der Waals surface area contributed by atoms with Crippen molar-refractivity contribution in [1.29, 1.82) is 0 Å². The molecule has 0 fully saturated rings. The van der Waals surface area contributed by atoms with Gasteiger partial charge in [0.05, 0.1) is 5.39 Å². The molecule has 0 radical (unpaired) electrons. The normalized spacial score (nSPS) is 10.7. The van der Waals surface area contributed by atoms with E-state index in [4.69, 9.17) is 5.73 Å². The molecule has 2 aromatic heterocycles. The van der Waals surface area contributed by atoms with Crippen LogP contribution in [0.3, 0.4) is 0 Å². The zero-order valence-corrected chi connectivity index (χ0v) is 12.8. The lowest BCUT2D eigenvalue weighted by Gasteiger charge is -2.11. The van der Waals surface area contributed by atoms with E-state index in [1.54, 1.807) is 37.5 Å². The summed E-state index contributed by atoms with van der Waals surface area (Å²) in [5, 5.41) is 4.44. The van der Waals surface area contributed by atoms with Gasteiger partial charge in [-0.25, -0.2) is 4.98 Å². The summed E-state index contributed by atoms with van der Waals surface area (Å²) in [7, 11) is 1.69. The molecule has 0 aliphatic heterocycles. The highest BCUT2D eigenvalue weighted by atomic mass is 16.1. The van der Waals surface area contributed by atoms with Crippen molar-refractivity contribution >= 4 is 28.2 Å². The summed E-state index contributed by atoms with van der Waals surface area (Å²) in [5.74, 6) is -0.0468. The molecule has 1 amide bonds. The Morgan fingerprint density at radius 1 is 1.26 bits per heavy atom. The first-order valence-corrected chi connectivity index (χ1v) is 7.09. The van der Waals surface area contributed by atoms with Crippen molar-refractivity contribution in [2.24, 2.45) is 12.8 Å². The van der Waals surface area contributed by atoms with Gasteiger partial charge in [0.1, 0.15) is 5.82 Å². The number of hydrogen-bond donors (Lipinski definition) is 2. The number of aromatic nitrogens is 2. The van der Waals surface area contributed by atoms with Gasteiger partial charge >= 0.3 is 0 Å². The molecule has 3 N–H and O–H groups in total. The Morgan fingerprint density at radius 2 is 2.04 bits per heavy atom. The summed E-state index contributed by atoms with van der Waals surface area (Å²) in [6, 6.07) is 10.5. The number of nitrogens with two attached hydrogens (primary N) is 1. The number of carbonyl (C=O) groups is 1. The van der Waals surface area contributed by atoms with Crippen LogP contribution in [0, 0.1) is 6.92 Å². The van der Waals surface area contributed by atoms with Crippen LogP contribution in [0.5, 0.6) is 0 Å². The molecule has 3 aromatic rings. The molecule has 0 spiro atoms. The van der Waals surface area contributed by atoms with E-state index in [2.05, 4.69) is 10.3 Å². The number of amides is 1. The van der Waals surface area contributed by atoms with Crippen LogP contribution in [0.15, 0.2) is 47.4 Å². The molecule has 0 bridgehead atoms. The Hall–Kier alpha value is -3.15. The number of aryl methyl sites for hydroxylation is 2. The number of pyridine rings is 2. The largest absolute Gasteiger partial charge is 0.366 e. The minimum absolute atomic E-state index is 0.136. The Morgan fingerprint density at radius 3 is 2.78 bits per heavy atom. The fraction of sp³-hybridized carbons (Fsp3) is 0.118. The Kier molecular flexibility index (Phi) is 3.57. The van der Waals surface area contributed by atoms with E-state index in [0.29, 0.717) is 22.5 Å². The third-order valence-electron chi connectivity index (χ3n) is 3.60. The van der Waals surface area contributed by atoms with Crippen LogP contribution in [0.25, 0.3) is 10.8 Å². The van der Waals surface area contributed by atoms with Crippen molar-refractivity contribution in [2.75, 3.05) is 5.32 Å². The number of hydrogen-bond acceptors (Lipinski definition) is 4. The van der Waals surface area contributed by atoms with Gasteiger partial charge in [-0.1, -0.05) is 6.07 Å². The molecule has 1 aromatic carbocycles. The fourth-order valence-corrected chi connectivity index (χ4v) is 2.47. The first-order chi connectivity index (χ1) is 11.0. The van der Waals surface area contributed by atoms with E-state index < -0.39 is 5.91 Å². The second-order valence-electron chi connectivity index (χ2n) is 5.38. The minimum atomic E-state index is -0.508. The molecule has 0 aliphatic carbocycles. The molecule has 0 saturated carbocycles. The number of anilines is 2. The van der Waals surface area contributed by atoms with E-state index in [1.807, 2.05) is 19.1 Å². The summed E-state index contributed by atoms with van der Waals surface area (Å²) in [5.41, 5.74) is 6.99. The van der Waals surface area contributed by atoms with E-state index in [1.165, 1.54) is 4.57 Å². The van der Waals surface area contributed by atoms with Crippen molar-refractivity contribution in [3.05, 3.63) is 64.2 Å². The van der Waals surface area contributed by atoms with E-state index in [0.717, 1.165) is 11.1 Å². The van der Waals surface area contributed by atoms with Crippen LogP contribution in [0.4, 0.5) is 11.5 Å². The molecule has 6 nitrogen and oxygen atoms in total. The lowest BCUT2D eigenvalue weighted by Crippen LogP contribution is -2.17. The van der Waals surface area contributed by atoms with Gasteiger partial charge in [-0.3, -0.25) is 9.59 Å². The van der Waals surface area contributed by atoms with Crippen LogP contribution in [-0.2, 0) is 7.05 Å². The summed E-state index contributed by atoms with van der Waals surface area (Å²) in [6.07, 6.45) is 1.72. The highest BCUT2D eigenvalue weighted by Gasteiger charge is 2.10. The van der Waals surface area contributed by atoms with Gasteiger partial charge in [0.25, 0.3) is 5.56 Å². The predicted molar refractivity (Wildman–Crippen MR) is 90.0 cm³/mol. The van der Waals surface area contributed by atoms with Gasteiger partial charge < -0.3 is 15.6 Å². The van der Waals surface area contributed by atoms with Gasteiger partial charge in [-0.2, -0.15) is 0 Å². The molecular weight excluding hydrogens is 292 g/mol. The van der Waals surface area contributed by atoms with Crippen molar-refractivity contribution in [1.82, 2.24) is 9.55 Å². The molecular formula is C17H16N4O2. The topological polar surface area (TPSA) is 90.0 Å². The molecule has 2 heterocycles. The lowest BCUT2D eigenvalue weighted by molar-refractivity contribution is 0.100. The quantitative estimate of drug-likeness (QED) is 0.775. The number of primary amides is 1. The van der Waals surface area contributed by atoms with Gasteiger partial charge in [0, 0.05) is 30.2 Å². The molecule has 3 rings (SSSR count). The maximum absolute atomic E-state index is 12.4. The van der Waals surface area contributed by atoms with Crippen LogP contribution in [0.1, 0.15) is 16.1 Å². The van der Waals surface area contributed by atoms with E-state index in [-0.39, 0.29) is 5.56 Å². The zero-order valence-electron chi connectivity index (χ0n) is 12.8. The van der Waals surface area contributed by atoms with Crippen LogP contribution in [-0.4, -0.2) is 15.5 Å². The van der Waals surface area contributed by atoms with Crippen LogP contribution < -0.4 is 16.6 Å². The maximum atomic E-state index is 12.4. The summed E-state index contributed by atoms with van der Waals surface area (Å²) in [4.78, 5) is 28.2. The van der Waals surface area contributed by atoms with Gasteiger partial charge in [0.2, 0.25) is 5.91 Å². The molecule has 23 heavy (non-hydrogen) atoms. The Balaban J connectivity index is 2.16. The minimum Gasteiger partial charge on any atom is -0.366 e. The van der Waals surface area contributed by atoms with Crippen molar-refractivity contribution in [3.8, 4) is 0 Å². The second kappa shape index (κ2) is 5.57. The van der Waals surface area contributed by atoms with Gasteiger partial charge in [-0.05, 0) is 42.6 Å². The average molecular weight is 308 g/mol. The molecule has 0 atom stereocenters. The molecule has 0 saturated heterocycles. The van der Waals surface area contributed by atoms with Crippen LogP contribution >= 0.6 is 0 Å². The number of nitrogens with zero attached hydrogens (tertiary/aromatic N) is 2. The smallest absolute Gasteiger partial charge is 0.261 e. The first-order valence-electron chi connectivity index (χ1n) is 7.09. The van der Waals surface area contributed by atoms with E-state index >= 15 is 0 Å². The molecule has 0 aliphatic rings. The number of carbonyl (C=O) groups excluding carboxylic acids is 1. The lowest BCUT2D eigenvalue weighted by atomic mass is 10.1. The first kappa shape index (κ1) is 14.8. The standard InChI is InChI=1S/C17H16N4O2/c1-10-8-11-6-7-21(2)17(23)14(11)16(19-10)20-13-5-3-4-12(9-13)15(18)22/h3-9H,1-2H3,(H2,18,22)(H,19,20). The Labute approximate surface area is 132 Å². The molecule has 6 heteroatoms. The third-order valence-corrected chi connectivity index (χ3v) is 3.60. The predicted octanol–water partition coefficient (Wildman–Crippen LogP) is 2.08. The summed E-state index contributed by atoms with van der Waals surface area (Å²) < 4.78 is 1.50. The van der Waals surface area contributed by atoms with Crippen molar-refractivity contribution in [3.63, 3.8) is 0 Å².